The van der Waals surface area contributed by atoms with Crippen LogP contribution in [0.15, 0.2) is 18.2 Å². The van der Waals surface area contributed by atoms with Crippen LogP contribution in [0, 0.1) is 10.1 Å². The lowest BCUT2D eigenvalue weighted by Crippen LogP contribution is -2.33. The SMILES string of the molecule is CNC(C)(C)c1ccc(OC)cc1[N+](=O)[O-]. The van der Waals surface area contributed by atoms with E-state index in [1.165, 1.54) is 13.2 Å². The summed E-state index contributed by atoms with van der Waals surface area (Å²) in [6, 6.07) is 4.88. The molecule has 0 amide bonds. The third kappa shape index (κ3) is 2.30. The third-order valence-corrected chi connectivity index (χ3v) is 2.70. The molecule has 1 aromatic rings. The molecule has 0 atom stereocenters. The van der Waals surface area contributed by atoms with E-state index in [2.05, 4.69) is 5.32 Å². The normalized spacial score (nSPS) is 11.2. The van der Waals surface area contributed by atoms with Gasteiger partial charge in [0.1, 0.15) is 5.75 Å². The third-order valence-electron chi connectivity index (χ3n) is 2.70. The van der Waals surface area contributed by atoms with E-state index >= 15 is 0 Å². The van der Waals surface area contributed by atoms with Crippen molar-refractivity contribution in [2.45, 2.75) is 19.4 Å². The first kappa shape index (κ1) is 12.4. The number of nitro benzene ring substituents is 1. The van der Waals surface area contributed by atoms with Crippen molar-refractivity contribution < 1.29 is 9.66 Å². The van der Waals surface area contributed by atoms with Crippen LogP contribution in [0.3, 0.4) is 0 Å². The van der Waals surface area contributed by atoms with Crippen LogP contribution >= 0.6 is 0 Å². The second kappa shape index (κ2) is 4.49. The molecular formula is C11H16N2O3. The Kier molecular flexibility index (Phi) is 3.49. The van der Waals surface area contributed by atoms with E-state index in [9.17, 15) is 10.1 Å². The molecule has 5 nitrogen and oxygen atoms in total. The van der Waals surface area contributed by atoms with Crippen molar-refractivity contribution in [1.29, 1.82) is 0 Å². The first-order valence-corrected chi connectivity index (χ1v) is 4.94. The predicted molar refractivity (Wildman–Crippen MR) is 61.7 cm³/mol. The smallest absolute Gasteiger partial charge is 0.278 e. The lowest BCUT2D eigenvalue weighted by molar-refractivity contribution is -0.386. The van der Waals surface area contributed by atoms with Crippen molar-refractivity contribution >= 4 is 5.69 Å². The van der Waals surface area contributed by atoms with Crippen LogP contribution in [0.1, 0.15) is 19.4 Å². The molecule has 0 bridgehead atoms. The second-order valence-corrected chi connectivity index (χ2v) is 4.02. The summed E-state index contributed by atoms with van der Waals surface area (Å²) in [4.78, 5) is 10.6. The van der Waals surface area contributed by atoms with E-state index in [0.717, 1.165) is 0 Å². The lowest BCUT2D eigenvalue weighted by atomic mass is 9.93. The number of methoxy groups -OCH3 is 1. The van der Waals surface area contributed by atoms with E-state index in [1.54, 1.807) is 19.2 Å². The van der Waals surface area contributed by atoms with Crippen molar-refractivity contribution in [3.8, 4) is 5.75 Å². The van der Waals surface area contributed by atoms with Gasteiger partial charge in [-0.05, 0) is 33.0 Å². The highest BCUT2D eigenvalue weighted by Gasteiger charge is 2.27. The zero-order valence-corrected chi connectivity index (χ0v) is 9.90. The molecule has 0 aromatic heterocycles. The molecule has 0 radical (unpaired) electrons. The molecule has 0 unspecified atom stereocenters. The predicted octanol–water partition coefficient (Wildman–Crippen LogP) is 2.06. The van der Waals surface area contributed by atoms with Crippen LogP contribution in [-0.4, -0.2) is 19.1 Å². The number of nitro groups is 1. The molecule has 1 rings (SSSR count). The fraction of sp³-hybridized carbons (Fsp3) is 0.455. The Hall–Kier alpha value is -1.62. The van der Waals surface area contributed by atoms with Gasteiger partial charge >= 0.3 is 0 Å². The van der Waals surface area contributed by atoms with Crippen molar-refractivity contribution in [3.05, 3.63) is 33.9 Å². The minimum absolute atomic E-state index is 0.0682. The molecule has 1 N–H and O–H groups in total. The number of hydrogen-bond donors (Lipinski definition) is 1. The topological polar surface area (TPSA) is 64.4 Å². The lowest BCUT2D eigenvalue weighted by Gasteiger charge is -2.24. The van der Waals surface area contributed by atoms with Crippen LogP contribution in [0.5, 0.6) is 5.75 Å². The number of ether oxygens (including phenoxy) is 1. The molecular weight excluding hydrogens is 208 g/mol. The van der Waals surface area contributed by atoms with Gasteiger partial charge in [-0.15, -0.1) is 0 Å². The Bertz CT molecular complexity index is 402. The van der Waals surface area contributed by atoms with E-state index in [0.29, 0.717) is 11.3 Å². The van der Waals surface area contributed by atoms with Crippen LogP contribution in [-0.2, 0) is 5.54 Å². The fourth-order valence-electron chi connectivity index (χ4n) is 1.45. The summed E-state index contributed by atoms with van der Waals surface area (Å²) in [6.45, 7) is 3.78. The summed E-state index contributed by atoms with van der Waals surface area (Å²) in [7, 11) is 3.26. The molecule has 0 aliphatic heterocycles. The fourth-order valence-corrected chi connectivity index (χ4v) is 1.45. The minimum atomic E-state index is -0.450. The number of nitrogens with one attached hydrogen (secondary N) is 1. The molecule has 1 aromatic carbocycles. The molecule has 0 saturated carbocycles. The van der Waals surface area contributed by atoms with Crippen LogP contribution in [0.2, 0.25) is 0 Å². The maximum atomic E-state index is 11.0. The average Bonchev–Trinajstić information content (AvgIpc) is 2.28. The molecule has 0 aliphatic carbocycles. The van der Waals surface area contributed by atoms with E-state index < -0.39 is 10.5 Å². The Morgan fingerprint density at radius 2 is 2.06 bits per heavy atom. The molecule has 0 saturated heterocycles. The number of hydrogen-bond acceptors (Lipinski definition) is 4. The highest BCUT2D eigenvalue weighted by atomic mass is 16.6. The quantitative estimate of drug-likeness (QED) is 0.628. The van der Waals surface area contributed by atoms with Gasteiger partial charge in [0.2, 0.25) is 0 Å². The van der Waals surface area contributed by atoms with E-state index in [-0.39, 0.29) is 5.69 Å². The van der Waals surface area contributed by atoms with Gasteiger partial charge in [0.25, 0.3) is 5.69 Å². The summed E-state index contributed by atoms with van der Waals surface area (Å²) in [6.07, 6.45) is 0. The average molecular weight is 224 g/mol. The largest absolute Gasteiger partial charge is 0.497 e. The minimum Gasteiger partial charge on any atom is -0.497 e. The maximum Gasteiger partial charge on any atom is 0.278 e. The summed E-state index contributed by atoms with van der Waals surface area (Å²) < 4.78 is 4.98. The van der Waals surface area contributed by atoms with Gasteiger partial charge in [0.15, 0.2) is 0 Å². The zero-order valence-electron chi connectivity index (χ0n) is 9.90. The Morgan fingerprint density at radius 3 is 2.50 bits per heavy atom. The maximum absolute atomic E-state index is 11.0. The molecule has 0 spiro atoms. The van der Waals surface area contributed by atoms with Crippen LogP contribution in [0.4, 0.5) is 5.69 Å². The van der Waals surface area contributed by atoms with Gasteiger partial charge in [0.05, 0.1) is 18.1 Å². The Labute approximate surface area is 94.6 Å². The van der Waals surface area contributed by atoms with Gasteiger partial charge in [-0.2, -0.15) is 0 Å². The van der Waals surface area contributed by atoms with Gasteiger partial charge in [0, 0.05) is 11.1 Å². The monoisotopic (exact) mass is 224 g/mol. The zero-order chi connectivity index (χ0) is 12.3. The molecule has 0 aliphatic rings. The van der Waals surface area contributed by atoms with E-state index in [4.69, 9.17) is 4.74 Å². The first-order valence-electron chi connectivity index (χ1n) is 4.94. The van der Waals surface area contributed by atoms with Gasteiger partial charge in [-0.1, -0.05) is 0 Å². The highest BCUT2D eigenvalue weighted by Crippen LogP contribution is 2.32. The highest BCUT2D eigenvalue weighted by molar-refractivity contribution is 5.49. The van der Waals surface area contributed by atoms with Crippen LogP contribution < -0.4 is 10.1 Å². The molecule has 0 heterocycles. The summed E-state index contributed by atoms with van der Waals surface area (Å²) in [5, 5.41) is 14.0. The molecule has 16 heavy (non-hydrogen) atoms. The molecule has 88 valence electrons. The van der Waals surface area contributed by atoms with Gasteiger partial charge in [-0.3, -0.25) is 10.1 Å². The van der Waals surface area contributed by atoms with Crippen molar-refractivity contribution in [3.63, 3.8) is 0 Å². The summed E-state index contributed by atoms with van der Waals surface area (Å²) in [5.74, 6) is 0.488. The molecule has 0 fully saturated rings. The van der Waals surface area contributed by atoms with Crippen LogP contribution in [0.25, 0.3) is 0 Å². The van der Waals surface area contributed by atoms with Crippen molar-refractivity contribution in [2.75, 3.05) is 14.2 Å². The first-order chi connectivity index (χ1) is 7.42. The number of rotatable bonds is 4. The Morgan fingerprint density at radius 1 is 1.44 bits per heavy atom. The van der Waals surface area contributed by atoms with Gasteiger partial charge in [-0.25, -0.2) is 0 Å². The van der Waals surface area contributed by atoms with Gasteiger partial charge < -0.3 is 10.1 Å². The number of nitrogens with zero attached hydrogens (tertiary/aromatic N) is 1. The summed E-state index contributed by atoms with van der Waals surface area (Å²) in [5.41, 5.74) is 0.258. The summed E-state index contributed by atoms with van der Waals surface area (Å²) >= 11 is 0. The second-order valence-electron chi connectivity index (χ2n) is 4.02. The van der Waals surface area contributed by atoms with Crippen molar-refractivity contribution in [1.82, 2.24) is 5.32 Å². The Balaban J connectivity index is 3.34. The van der Waals surface area contributed by atoms with Crippen molar-refractivity contribution in [2.24, 2.45) is 0 Å². The standard InChI is InChI=1S/C11H16N2O3/c1-11(2,12-3)9-6-5-8(16-4)7-10(9)13(14)15/h5-7,12H,1-4H3. The molecule has 5 heteroatoms. The number of benzene rings is 1. The van der Waals surface area contributed by atoms with E-state index in [1.807, 2.05) is 13.8 Å².